The summed E-state index contributed by atoms with van der Waals surface area (Å²) in [6.45, 7) is 4.06. The van der Waals surface area contributed by atoms with Gasteiger partial charge in [0.15, 0.2) is 0 Å². The minimum Gasteiger partial charge on any atom is -0.319 e. The van der Waals surface area contributed by atoms with E-state index in [0.29, 0.717) is 0 Å². The summed E-state index contributed by atoms with van der Waals surface area (Å²) in [5.41, 5.74) is 4.69. The molecule has 18 heavy (non-hydrogen) atoms. The molecule has 0 spiro atoms. The zero-order valence-corrected chi connectivity index (χ0v) is 11.2. The number of nitrogens with zero attached hydrogens (tertiary/aromatic N) is 2. The molecule has 0 aromatic carbocycles. The van der Waals surface area contributed by atoms with Gasteiger partial charge in [-0.1, -0.05) is 13.3 Å². The summed E-state index contributed by atoms with van der Waals surface area (Å²) in [4.78, 5) is 16.6. The normalized spacial score (nSPS) is 16.2. The molecule has 1 heterocycles. The van der Waals surface area contributed by atoms with Crippen molar-refractivity contribution in [3.63, 3.8) is 0 Å². The van der Waals surface area contributed by atoms with Gasteiger partial charge in [0, 0.05) is 5.69 Å². The second kappa shape index (κ2) is 5.52. The first kappa shape index (κ1) is 13.1. The molecular formula is C13H22N4O. The summed E-state index contributed by atoms with van der Waals surface area (Å²) in [6, 6.07) is -0.214. The SMILES string of the molecule is CCCC(C(=O)NN)n1c(C)nc2c1CCCC2. The Kier molecular flexibility index (Phi) is 4.01. The molecule has 1 amide bonds. The summed E-state index contributed by atoms with van der Waals surface area (Å²) in [5.74, 6) is 6.12. The lowest BCUT2D eigenvalue weighted by atomic mass is 10.00. The van der Waals surface area contributed by atoms with Crippen LogP contribution in [0.5, 0.6) is 0 Å². The van der Waals surface area contributed by atoms with Crippen LogP contribution < -0.4 is 11.3 Å². The van der Waals surface area contributed by atoms with Crippen LogP contribution in [0.3, 0.4) is 0 Å². The molecule has 2 rings (SSSR count). The van der Waals surface area contributed by atoms with Gasteiger partial charge >= 0.3 is 0 Å². The highest BCUT2D eigenvalue weighted by Gasteiger charge is 2.26. The van der Waals surface area contributed by atoms with Gasteiger partial charge < -0.3 is 4.57 Å². The van der Waals surface area contributed by atoms with Crippen LogP contribution in [-0.2, 0) is 17.6 Å². The molecule has 1 unspecified atom stereocenters. The van der Waals surface area contributed by atoms with Crippen LogP contribution >= 0.6 is 0 Å². The Morgan fingerprint density at radius 2 is 2.22 bits per heavy atom. The highest BCUT2D eigenvalue weighted by atomic mass is 16.2. The molecule has 0 saturated heterocycles. The zero-order chi connectivity index (χ0) is 13.1. The van der Waals surface area contributed by atoms with Crippen molar-refractivity contribution in [1.82, 2.24) is 15.0 Å². The van der Waals surface area contributed by atoms with Gasteiger partial charge in [-0.3, -0.25) is 10.2 Å². The second-order valence-electron chi connectivity index (χ2n) is 4.94. The van der Waals surface area contributed by atoms with E-state index in [0.717, 1.165) is 31.5 Å². The monoisotopic (exact) mass is 250 g/mol. The van der Waals surface area contributed by atoms with Crippen molar-refractivity contribution in [3.05, 3.63) is 17.2 Å². The van der Waals surface area contributed by atoms with Gasteiger partial charge in [-0.05, 0) is 39.0 Å². The van der Waals surface area contributed by atoms with E-state index in [9.17, 15) is 4.79 Å². The molecule has 0 saturated carbocycles. The quantitative estimate of drug-likeness (QED) is 0.482. The maximum atomic E-state index is 12.0. The van der Waals surface area contributed by atoms with E-state index >= 15 is 0 Å². The van der Waals surface area contributed by atoms with Crippen molar-refractivity contribution < 1.29 is 4.79 Å². The van der Waals surface area contributed by atoms with Crippen LogP contribution in [0.15, 0.2) is 0 Å². The molecule has 1 aliphatic carbocycles. The predicted octanol–water partition coefficient (Wildman–Crippen LogP) is 1.40. The first-order valence-corrected chi connectivity index (χ1v) is 6.76. The Balaban J connectivity index is 2.40. The van der Waals surface area contributed by atoms with Crippen molar-refractivity contribution in [3.8, 4) is 0 Å². The fourth-order valence-electron chi connectivity index (χ4n) is 2.86. The van der Waals surface area contributed by atoms with E-state index in [1.54, 1.807) is 0 Å². The maximum Gasteiger partial charge on any atom is 0.256 e. The number of nitrogens with two attached hydrogens (primary N) is 1. The summed E-state index contributed by atoms with van der Waals surface area (Å²) in [6.07, 6.45) is 6.18. The first-order chi connectivity index (χ1) is 8.69. The van der Waals surface area contributed by atoms with Crippen molar-refractivity contribution >= 4 is 5.91 Å². The van der Waals surface area contributed by atoms with Crippen molar-refractivity contribution in [2.45, 2.75) is 58.4 Å². The predicted molar refractivity (Wildman–Crippen MR) is 69.9 cm³/mol. The third-order valence-electron chi connectivity index (χ3n) is 3.67. The number of hydrogen-bond donors (Lipinski definition) is 2. The molecule has 0 fully saturated rings. The van der Waals surface area contributed by atoms with Gasteiger partial charge in [-0.25, -0.2) is 10.8 Å². The zero-order valence-electron chi connectivity index (χ0n) is 11.2. The van der Waals surface area contributed by atoms with E-state index in [1.165, 1.54) is 24.2 Å². The number of fused-ring (bicyclic) bond motifs is 1. The molecule has 1 atom stereocenters. The molecule has 100 valence electrons. The van der Waals surface area contributed by atoms with Crippen molar-refractivity contribution in [2.75, 3.05) is 0 Å². The van der Waals surface area contributed by atoms with Gasteiger partial charge in [0.1, 0.15) is 11.9 Å². The number of nitrogens with one attached hydrogen (secondary N) is 1. The molecule has 0 radical (unpaired) electrons. The molecule has 1 aromatic heterocycles. The number of hydrogen-bond acceptors (Lipinski definition) is 3. The number of aryl methyl sites for hydroxylation is 2. The van der Waals surface area contributed by atoms with Crippen LogP contribution in [-0.4, -0.2) is 15.5 Å². The van der Waals surface area contributed by atoms with Crippen LogP contribution in [0.2, 0.25) is 0 Å². The third kappa shape index (κ3) is 2.27. The van der Waals surface area contributed by atoms with Gasteiger partial charge in [0.2, 0.25) is 0 Å². The van der Waals surface area contributed by atoms with E-state index in [4.69, 9.17) is 5.84 Å². The lowest BCUT2D eigenvalue weighted by Crippen LogP contribution is -2.38. The molecule has 1 aromatic rings. The maximum absolute atomic E-state index is 12.0. The number of amides is 1. The lowest BCUT2D eigenvalue weighted by Gasteiger charge is -2.22. The van der Waals surface area contributed by atoms with Crippen LogP contribution in [0.1, 0.15) is 55.9 Å². The summed E-state index contributed by atoms with van der Waals surface area (Å²) in [5, 5.41) is 0. The molecule has 3 N–H and O–H groups in total. The number of aromatic nitrogens is 2. The molecule has 1 aliphatic rings. The van der Waals surface area contributed by atoms with Gasteiger partial charge in [-0.15, -0.1) is 0 Å². The van der Waals surface area contributed by atoms with Gasteiger partial charge in [0.25, 0.3) is 5.91 Å². The van der Waals surface area contributed by atoms with E-state index in [-0.39, 0.29) is 11.9 Å². The summed E-state index contributed by atoms with van der Waals surface area (Å²) in [7, 11) is 0. The smallest absolute Gasteiger partial charge is 0.256 e. The molecule has 5 heteroatoms. The van der Waals surface area contributed by atoms with Crippen LogP contribution in [0.4, 0.5) is 0 Å². The number of rotatable bonds is 4. The number of hydrazine groups is 1. The molecule has 0 aliphatic heterocycles. The minimum atomic E-state index is -0.214. The fourth-order valence-corrected chi connectivity index (χ4v) is 2.86. The van der Waals surface area contributed by atoms with E-state index in [2.05, 4.69) is 21.9 Å². The number of imidazole rings is 1. The minimum absolute atomic E-state index is 0.120. The Labute approximate surface area is 108 Å². The molecular weight excluding hydrogens is 228 g/mol. The van der Waals surface area contributed by atoms with E-state index < -0.39 is 0 Å². The fraction of sp³-hybridized carbons (Fsp3) is 0.692. The van der Waals surface area contributed by atoms with Crippen molar-refractivity contribution in [2.24, 2.45) is 5.84 Å². The Bertz CT molecular complexity index is 438. The number of carbonyl (C=O) groups excluding carboxylic acids is 1. The first-order valence-electron chi connectivity index (χ1n) is 6.76. The largest absolute Gasteiger partial charge is 0.319 e. The highest BCUT2D eigenvalue weighted by Crippen LogP contribution is 2.27. The van der Waals surface area contributed by atoms with Gasteiger partial charge in [-0.2, -0.15) is 0 Å². The number of carbonyl (C=O) groups is 1. The van der Waals surface area contributed by atoms with Crippen LogP contribution in [0, 0.1) is 6.92 Å². The van der Waals surface area contributed by atoms with Gasteiger partial charge in [0.05, 0.1) is 5.69 Å². The Hall–Kier alpha value is -1.36. The summed E-state index contributed by atoms with van der Waals surface area (Å²) < 4.78 is 2.10. The topological polar surface area (TPSA) is 72.9 Å². The molecule has 5 nitrogen and oxygen atoms in total. The Morgan fingerprint density at radius 1 is 1.50 bits per heavy atom. The van der Waals surface area contributed by atoms with E-state index in [1.807, 2.05) is 6.92 Å². The highest BCUT2D eigenvalue weighted by molar-refractivity contribution is 5.79. The Morgan fingerprint density at radius 3 is 2.89 bits per heavy atom. The average molecular weight is 250 g/mol. The summed E-state index contributed by atoms with van der Waals surface area (Å²) >= 11 is 0. The second-order valence-corrected chi connectivity index (χ2v) is 4.94. The van der Waals surface area contributed by atoms with Crippen molar-refractivity contribution in [1.29, 1.82) is 0 Å². The standard InChI is InChI=1S/C13H22N4O/c1-3-6-12(13(18)16-14)17-9(2)15-10-7-4-5-8-11(10)17/h12H,3-8,14H2,1-2H3,(H,16,18). The average Bonchev–Trinajstić information content (AvgIpc) is 2.71. The van der Waals surface area contributed by atoms with Crippen LogP contribution in [0.25, 0.3) is 0 Å². The molecule has 0 bridgehead atoms. The lowest BCUT2D eigenvalue weighted by molar-refractivity contribution is -0.124. The third-order valence-corrected chi connectivity index (χ3v) is 3.67.